The van der Waals surface area contributed by atoms with Gasteiger partial charge in [-0.3, -0.25) is 4.79 Å². The predicted octanol–water partition coefficient (Wildman–Crippen LogP) is 3.29. The number of hydrogen-bond donors (Lipinski definition) is 2. The molecule has 0 aliphatic heterocycles. The van der Waals surface area contributed by atoms with E-state index in [0.717, 1.165) is 12.0 Å². The molecule has 0 aliphatic carbocycles. The van der Waals surface area contributed by atoms with Crippen molar-refractivity contribution in [3.63, 3.8) is 0 Å². The summed E-state index contributed by atoms with van der Waals surface area (Å²) in [7, 11) is 0. The van der Waals surface area contributed by atoms with Crippen molar-refractivity contribution >= 4 is 11.6 Å². The number of para-hydroxylation sites is 1. The Morgan fingerprint density at radius 2 is 1.90 bits per heavy atom. The molecule has 0 aliphatic rings. The Labute approximate surface area is 117 Å². The number of halogens is 1. The number of carbonyl (C=O) groups excluding carboxylic acids is 1. The fraction of sp³-hybridized carbons (Fsp3) is 0.188. The van der Waals surface area contributed by atoms with Crippen LogP contribution in [0.5, 0.6) is 0 Å². The maximum Gasteiger partial charge on any atom is 0.253 e. The van der Waals surface area contributed by atoms with E-state index in [1.165, 1.54) is 18.2 Å². The van der Waals surface area contributed by atoms with Gasteiger partial charge in [0.25, 0.3) is 5.91 Å². The average Bonchev–Trinajstić information content (AvgIpc) is 2.48. The smallest absolute Gasteiger partial charge is 0.253 e. The molecule has 0 saturated heterocycles. The monoisotopic (exact) mass is 272 g/mol. The number of carbonyl (C=O) groups is 1. The van der Waals surface area contributed by atoms with E-state index in [1.54, 1.807) is 0 Å². The highest BCUT2D eigenvalue weighted by molar-refractivity contribution is 5.99. The summed E-state index contributed by atoms with van der Waals surface area (Å²) in [6, 6.07) is 13.8. The zero-order valence-electron chi connectivity index (χ0n) is 11.3. The van der Waals surface area contributed by atoms with Gasteiger partial charge in [-0.2, -0.15) is 0 Å². The van der Waals surface area contributed by atoms with E-state index in [2.05, 4.69) is 5.32 Å². The van der Waals surface area contributed by atoms with Crippen LogP contribution in [0.25, 0.3) is 0 Å². The maximum absolute atomic E-state index is 13.4. The zero-order chi connectivity index (χ0) is 14.5. The van der Waals surface area contributed by atoms with Gasteiger partial charge in [0.15, 0.2) is 0 Å². The molecule has 3 nitrogen and oxygen atoms in total. The molecule has 4 heteroatoms. The summed E-state index contributed by atoms with van der Waals surface area (Å²) in [5.41, 5.74) is 6.66. The Morgan fingerprint density at radius 3 is 2.55 bits per heavy atom. The van der Waals surface area contributed by atoms with Gasteiger partial charge in [0, 0.05) is 0 Å². The van der Waals surface area contributed by atoms with Crippen molar-refractivity contribution in [2.24, 2.45) is 0 Å². The zero-order valence-corrected chi connectivity index (χ0v) is 11.3. The molecule has 0 fully saturated rings. The summed E-state index contributed by atoms with van der Waals surface area (Å²) in [5.74, 6) is -0.942. The van der Waals surface area contributed by atoms with Crippen LogP contribution in [-0.2, 0) is 0 Å². The van der Waals surface area contributed by atoms with Crippen LogP contribution in [0.4, 0.5) is 10.1 Å². The summed E-state index contributed by atoms with van der Waals surface area (Å²) in [6.07, 6.45) is 0.741. The molecule has 0 radical (unpaired) electrons. The van der Waals surface area contributed by atoms with E-state index in [0.29, 0.717) is 0 Å². The molecule has 2 rings (SSSR count). The molecule has 0 bridgehead atoms. The molecule has 0 aromatic heterocycles. The van der Waals surface area contributed by atoms with Crippen molar-refractivity contribution in [1.29, 1.82) is 0 Å². The van der Waals surface area contributed by atoms with Gasteiger partial charge in [0.2, 0.25) is 0 Å². The average molecular weight is 272 g/mol. The van der Waals surface area contributed by atoms with Gasteiger partial charge in [-0.1, -0.05) is 43.3 Å². The number of anilines is 1. The fourth-order valence-corrected chi connectivity index (χ4v) is 2.08. The lowest BCUT2D eigenvalue weighted by atomic mass is 10.0. The highest BCUT2D eigenvalue weighted by atomic mass is 19.1. The molecule has 20 heavy (non-hydrogen) atoms. The summed E-state index contributed by atoms with van der Waals surface area (Å²) in [6.45, 7) is 1.98. The molecule has 0 spiro atoms. The second-order valence-electron chi connectivity index (χ2n) is 4.55. The first-order valence-corrected chi connectivity index (χ1v) is 6.53. The second-order valence-corrected chi connectivity index (χ2v) is 4.55. The fourth-order valence-electron chi connectivity index (χ4n) is 2.08. The van der Waals surface area contributed by atoms with Crippen LogP contribution in [-0.4, -0.2) is 5.91 Å². The van der Waals surface area contributed by atoms with Crippen molar-refractivity contribution in [3.05, 3.63) is 65.5 Å². The van der Waals surface area contributed by atoms with Crippen molar-refractivity contribution in [1.82, 2.24) is 5.32 Å². The van der Waals surface area contributed by atoms with Gasteiger partial charge in [-0.05, 0) is 24.1 Å². The van der Waals surface area contributed by atoms with Gasteiger partial charge in [-0.15, -0.1) is 0 Å². The van der Waals surface area contributed by atoms with Crippen LogP contribution >= 0.6 is 0 Å². The van der Waals surface area contributed by atoms with E-state index in [4.69, 9.17) is 5.73 Å². The Morgan fingerprint density at radius 1 is 1.20 bits per heavy atom. The number of benzene rings is 2. The van der Waals surface area contributed by atoms with E-state index in [1.807, 2.05) is 37.3 Å². The van der Waals surface area contributed by atoms with E-state index < -0.39 is 5.82 Å². The Bertz CT molecular complexity index is 599. The third-order valence-electron chi connectivity index (χ3n) is 3.21. The van der Waals surface area contributed by atoms with E-state index in [9.17, 15) is 9.18 Å². The van der Waals surface area contributed by atoms with Gasteiger partial charge in [-0.25, -0.2) is 4.39 Å². The van der Waals surface area contributed by atoms with Crippen molar-refractivity contribution in [2.45, 2.75) is 19.4 Å². The highest BCUT2D eigenvalue weighted by Crippen LogP contribution is 2.20. The van der Waals surface area contributed by atoms with Crippen molar-refractivity contribution < 1.29 is 9.18 Å². The number of nitrogens with two attached hydrogens (primary N) is 1. The molecule has 2 aromatic carbocycles. The first-order valence-electron chi connectivity index (χ1n) is 6.53. The summed E-state index contributed by atoms with van der Waals surface area (Å²) < 4.78 is 13.4. The van der Waals surface area contributed by atoms with Crippen LogP contribution in [0, 0.1) is 5.82 Å². The number of hydrogen-bond acceptors (Lipinski definition) is 2. The summed E-state index contributed by atoms with van der Waals surface area (Å²) in [4.78, 5) is 12.2. The van der Waals surface area contributed by atoms with E-state index >= 15 is 0 Å². The molecular formula is C16H17FN2O. The topological polar surface area (TPSA) is 55.1 Å². The number of nitrogens with one attached hydrogen (secondary N) is 1. The SMILES string of the molecule is CCC(NC(=O)c1cccc(F)c1N)c1ccccc1. The van der Waals surface area contributed by atoms with Gasteiger partial charge in [0.05, 0.1) is 17.3 Å². The second kappa shape index (κ2) is 6.19. The molecular weight excluding hydrogens is 255 g/mol. The van der Waals surface area contributed by atoms with Crippen molar-refractivity contribution in [3.8, 4) is 0 Å². The minimum Gasteiger partial charge on any atom is -0.396 e. The Kier molecular flexibility index (Phi) is 4.35. The Balaban J connectivity index is 2.20. The first kappa shape index (κ1) is 14.1. The Hall–Kier alpha value is -2.36. The minimum atomic E-state index is -0.578. The largest absolute Gasteiger partial charge is 0.396 e. The van der Waals surface area contributed by atoms with Crippen molar-refractivity contribution in [2.75, 3.05) is 5.73 Å². The molecule has 1 amide bonds. The molecule has 1 atom stereocenters. The lowest BCUT2D eigenvalue weighted by Gasteiger charge is -2.18. The van der Waals surface area contributed by atoms with Gasteiger partial charge in [0.1, 0.15) is 5.82 Å². The third kappa shape index (κ3) is 2.96. The predicted molar refractivity (Wildman–Crippen MR) is 77.8 cm³/mol. The number of amides is 1. The number of rotatable bonds is 4. The lowest BCUT2D eigenvalue weighted by molar-refractivity contribution is 0.0936. The normalized spacial score (nSPS) is 11.9. The standard InChI is InChI=1S/C16H17FN2O/c1-2-14(11-7-4-3-5-8-11)19-16(20)12-9-6-10-13(17)15(12)18/h3-10,14H,2,18H2,1H3,(H,19,20). The summed E-state index contributed by atoms with van der Waals surface area (Å²) in [5, 5.41) is 2.88. The minimum absolute atomic E-state index is 0.118. The highest BCUT2D eigenvalue weighted by Gasteiger charge is 2.17. The summed E-state index contributed by atoms with van der Waals surface area (Å²) >= 11 is 0. The van der Waals surface area contributed by atoms with Crippen LogP contribution in [0.3, 0.4) is 0 Å². The third-order valence-corrected chi connectivity index (χ3v) is 3.21. The number of nitrogen functional groups attached to an aromatic ring is 1. The maximum atomic E-state index is 13.4. The molecule has 0 heterocycles. The molecule has 0 saturated carbocycles. The quantitative estimate of drug-likeness (QED) is 0.839. The molecule has 1 unspecified atom stereocenters. The van der Waals surface area contributed by atoms with E-state index in [-0.39, 0.29) is 23.2 Å². The molecule has 3 N–H and O–H groups in total. The van der Waals surface area contributed by atoms with Crippen LogP contribution in [0.1, 0.15) is 35.3 Å². The van der Waals surface area contributed by atoms with Crippen LogP contribution in [0.2, 0.25) is 0 Å². The molecule has 104 valence electrons. The first-order chi connectivity index (χ1) is 9.63. The van der Waals surface area contributed by atoms with Crippen LogP contribution in [0.15, 0.2) is 48.5 Å². The lowest BCUT2D eigenvalue weighted by Crippen LogP contribution is -2.29. The van der Waals surface area contributed by atoms with Crippen LogP contribution < -0.4 is 11.1 Å². The van der Waals surface area contributed by atoms with Gasteiger partial charge >= 0.3 is 0 Å². The molecule has 2 aromatic rings. The van der Waals surface area contributed by atoms with Gasteiger partial charge < -0.3 is 11.1 Å².